The molecule has 0 saturated heterocycles. The van der Waals surface area contributed by atoms with Crippen LogP contribution in [0.1, 0.15) is 16.1 Å². The average Bonchev–Trinajstić information content (AvgIpc) is 2.77. The summed E-state index contributed by atoms with van der Waals surface area (Å²) >= 11 is 0. The molecule has 1 N–H and O–H groups in total. The Morgan fingerprint density at radius 2 is 2.15 bits per heavy atom. The summed E-state index contributed by atoms with van der Waals surface area (Å²) in [5.74, 6) is -1.04. The fourth-order valence-electron chi connectivity index (χ4n) is 1.78. The zero-order valence-corrected chi connectivity index (χ0v) is 10.2. The molecule has 0 amide bonds. The predicted octanol–water partition coefficient (Wildman–Crippen LogP) is 0.0325. The molecule has 20 heavy (non-hydrogen) atoms. The van der Waals surface area contributed by atoms with Crippen molar-refractivity contribution in [3.8, 4) is 0 Å². The van der Waals surface area contributed by atoms with Gasteiger partial charge in [0.15, 0.2) is 5.65 Å². The van der Waals surface area contributed by atoms with Gasteiger partial charge in [-0.3, -0.25) is 9.97 Å². The predicted molar refractivity (Wildman–Crippen MR) is 67.5 cm³/mol. The quantitative estimate of drug-likeness (QED) is 0.721. The van der Waals surface area contributed by atoms with Gasteiger partial charge in [-0.05, 0) is 12.1 Å². The van der Waals surface area contributed by atoms with Crippen molar-refractivity contribution in [3.05, 3.63) is 58.7 Å². The van der Waals surface area contributed by atoms with Crippen LogP contribution >= 0.6 is 0 Å². The van der Waals surface area contributed by atoms with Crippen LogP contribution in [0, 0.1) is 0 Å². The molecule has 0 aromatic carbocycles. The number of aromatic carboxylic acids is 1. The van der Waals surface area contributed by atoms with Crippen LogP contribution in [0.2, 0.25) is 0 Å². The lowest BCUT2D eigenvalue weighted by atomic mass is 10.2. The summed E-state index contributed by atoms with van der Waals surface area (Å²) in [5.41, 5.74) is 0.792. The number of rotatable bonds is 3. The smallest absolute Gasteiger partial charge is 0.350 e. The van der Waals surface area contributed by atoms with E-state index >= 15 is 0 Å². The Labute approximate surface area is 112 Å². The van der Waals surface area contributed by atoms with Crippen LogP contribution in [0.3, 0.4) is 0 Å². The standard InChI is InChI=1S/C12H9N5O3/c18-11(19)8-1-2-9(14-5-8)7-17-12(20)16-4-3-13-6-10(16)15-17/h1-6H,7H2,(H,18,19). The molecule has 8 heteroatoms. The number of aromatic nitrogens is 5. The van der Waals surface area contributed by atoms with Crippen molar-refractivity contribution >= 4 is 11.6 Å². The van der Waals surface area contributed by atoms with Gasteiger partial charge >= 0.3 is 11.7 Å². The van der Waals surface area contributed by atoms with E-state index in [1.54, 1.807) is 6.07 Å². The minimum Gasteiger partial charge on any atom is -0.478 e. The molecule has 0 fully saturated rings. The van der Waals surface area contributed by atoms with E-state index in [0.29, 0.717) is 11.3 Å². The monoisotopic (exact) mass is 271 g/mol. The molecule has 0 bridgehead atoms. The number of pyridine rings is 1. The number of carboxylic acid groups (broad SMARTS) is 1. The molecule has 0 aliphatic heterocycles. The molecular formula is C12H9N5O3. The summed E-state index contributed by atoms with van der Waals surface area (Å²) in [6.45, 7) is 0.167. The minimum atomic E-state index is -1.04. The summed E-state index contributed by atoms with van der Waals surface area (Å²) in [5, 5.41) is 12.9. The van der Waals surface area contributed by atoms with E-state index in [1.165, 1.54) is 39.9 Å². The maximum absolute atomic E-state index is 12.0. The number of hydrogen-bond donors (Lipinski definition) is 1. The molecule has 100 valence electrons. The first-order chi connectivity index (χ1) is 9.65. The molecule has 0 aliphatic rings. The van der Waals surface area contributed by atoms with Crippen molar-refractivity contribution in [3.63, 3.8) is 0 Å². The highest BCUT2D eigenvalue weighted by atomic mass is 16.4. The zero-order chi connectivity index (χ0) is 14.1. The van der Waals surface area contributed by atoms with Gasteiger partial charge in [0.1, 0.15) is 0 Å². The second-order valence-electron chi connectivity index (χ2n) is 4.09. The van der Waals surface area contributed by atoms with Crippen LogP contribution in [0.4, 0.5) is 0 Å². The van der Waals surface area contributed by atoms with E-state index in [9.17, 15) is 9.59 Å². The second kappa shape index (κ2) is 4.57. The molecule has 0 saturated carbocycles. The molecule has 0 unspecified atom stereocenters. The van der Waals surface area contributed by atoms with E-state index in [-0.39, 0.29) is 17.8 Å². The first kappa shape index (κ1) is 12.0. The highest BCUT2D eigenvalue weighted by molar-refractivity contribution is 5.87. The van der Waals surface area contributed by atoms with Gasteiger partial charge in [0.25, 0.3) is 0 Å². The molecule has 0 radical (unpaired) electrons. The van der Waals surface area contributed by atoms with Crippen LogP contribution in [0.25, 0.3) is 5.65 Å². The number of hydrogen-bond acceptors (Lipinski definition) is 5. The Hall–Kier alpha value is -3.03. The van der Waals surface area contributed by atoms with Gasteiger partial charge in [-0.2, -0.15) is 0 Å². The lowest BCUT2D eigenvalue weighted by Gasteiger charge is -1.99. The van der Waals surface area contributed by atoms with Crippen LogP contribution in [-0.4, -0.2) is 35.2 Å². The molecule has 3 aromatic rings. The van der Waals surface area contributed by atoms with Crippen LogP contribution in [0.5, 0.6) is 0 Å². The third-order valence-corrected chi connectivity index (χ3v) is 2.77. The van der Waals surface area contributed by atoms with Gasteiger partial charge in [-0.15, -0.1) is 5.10 Å². The molecular weight excluding hydrogens is 262 g/mol. The Balaban J connectivity index is 1.95. The van der Waals surface area contributed by atoms with E-state index in [2.05, 4.69) is 15.1 Å². The fourth-order valence-corrected chi connectivity index (χ4v) is 1.78. The van der Waals surface area contributed by atoms with E-state index < -0.39 is 5.97 Å². The van der Waals surface area contributed by atoms with E-state index in [4.69, 9.17) is 5.11 Å². The summed E-state index contributed by atoms with van der Waals surface area (Å²) in [6.07, 6.45) is 5.77. The molecule has 0 atom stereocenters. The first-order valence-electron chi connectivity index (χ1n) is 5.72. The fraction of sp³-hybridized carbons (Fsp3) is 0.0833. The van der Waals surface area contributed by atoms with Crippen LogP contribution in [0.15, 0.2) is 41.7 Å². The number of carboxylic acids is 1. The Kier molecular flexibility index (Phi) is 2.75. The normalized spacial score (nSPS) is 10.8. The summed E-state index contributed by atoms with van der Waals surface area (Å²) < 4.78 is 2.62. The molecule has 3 heterocycles. The zero-order valence-electron chi connectivity index (χ0n) is 10.2. The van der Waals surface area contributed by atoms with Gasteiger partial charge < -0.3 is 5.11 Å². The second-order valence-corrected chi connectivity index (χ2v) is 4.09. The van der Waals surface area contributed by atoms with E-state index in [1.807, 2.05) is 0 Å². The number of nitrogens with zero attached hydrogens (tertiary/aromatic N) is 5. The van der Waals surface area contributed by atoms with E-state index in [0.717, 1.165) is 0 Å². The van der Waals surface area contributed by atoms with Crippen molar-refractivity contribution in [2.45, 2.75) is 6.54 Å². The van der Waals surface area contributed by atoms with Gasteiger partial charge in [-0.25, -0.2) is 18.7 Å². The highest BCUT2D eigenvalue weighted by Crippen LogP contribution is 2.02. The van der Waals surface area contributed by atoms with Gasteiger partial charge in [0.05, 0.1) is 24.0 Å². The van der Waals surface area contributed by atoms with Crippen molar-refractivity contribution in [2.75, 3.05) is 0 Å². The summed E-state index contributed by atoms with van der Waals surface area (Å²) in [4.78, 5) is 30.6. The molecule has 0 spiro atoms. The molecule has 3 aromatic heterocycles. The van der Waals surface area contributed by atoms with Gasteiger partial charge in [0, 0.05) is 18.6 Å². The lowest BCUT2D eigenvalue weighted by molar-refractivity contribution is 0.0696. The largest absolute Gasteiger partial charge is 0.478 e. The van der Waals surface area contributed by atoms with Gasteiger partial charge in [0.2, 0.25) is 0 Å². The van der Waals surface area contributed by atoms with Crippen LogP contribution in [-0.2, 0) is 6.54 Å². The van der Waals surface area contributed by atoms with Crippen LogP contribution < -0.4 is 5.69 Å². The first-order valence-corrected chi connectivity index (χ1v) is 5.72. The SMILES string of the molecule is O=C(O)c1ccc(Cn2nc3cnccn3c2=O)nc1. The topological polar surface area (TPSA) is 102 Å². The Morgan fingerprint density at radius 1 is 1.30 bits per heavy atom. The average molecular weight is 271 g/mol. The molecule has 8 nitrogen and oxygen atoms in total. The highest BCUT2D eigenvalue weighted by Gasteiger charge is 2.08. The Morgan fingerprint density at radius 3 is 2.80 bits per heavy atom. The lowest BCUT2D eigenvalue weighted by Crippen LogP contribution is -2.22. The van der Waals surface area contributed by atoms with Gasteiger partial charge in [-0.1, -0.05) is 0 Å². The summed E-state index contributed by atoms with van der Waals surface area (Å²) in [6, 6.07) is 2.99. The third kappa shape index (κ3) is 2.03. The minimum absolute atomic E-state index is 0.0975. The Bertz CT molecular complexity index is 834. The maximum atomic E-state index is 12.0. The van der Waals surface area contributed by atoms with Crippen molar-refractivity contribution in [2.24, 2.45) is 0 Å². The van der Waals surface area contributed by atoms with Crippen molar-refractivity contribution < 1.29 is 9.90 Å². The summed E-state index contributed by atoms with van der Waals surface area (Å²) in [7, 11) is 0. The maximum Gasteiger partial charge on any atom is 0.350 e. The van der Waals surface area contributed by atoms with Crippen molar-refractivity contribution in [1.82, 2.24) is 24.1 Å². The molecule has 0 aliphatic carbocycles. The molecule has 3 rings (SSSR count). The van der Waals surface area contributed by atoms with Crippen molar-refractivity contribution in [1.29, 1.82) is 0 Å². The number of carbonyl (C=O) groups is 1. The third-order valence-electron chi connectivity index (χ3n) is 2.77. The number of fused-ring (bicyclic) bond motifs is 1.